The van der Waals surface area contributed by atoms with E-state index in [1.54, 1.807) is 24.3 Å². The minimum Gasteiger partial charge on any atom is -0.336 e. The van der Waals surface area contributed by atoms with Gasteiger partial charge in [0, 0.05) is 28.9 Å². The number of halogens is 2. The van der Waals surface area contributed by atoms with Gasteiger partial charge in [0.25, 0.3) is 15.9 Å². The molecule has 0 spiro atoms. The molecule has 0 radical (unpaired) electrons. The summed E-state index contributed by atoms with van der Waals surface area (Å²) in [5, 5.41) is 0.340. The van der Waals surface area contributed by atoms with Gasteiger partial charge in [0.05, 0.1) is 5.02 Å². The van der Waals surface area contributed by atoms with Crippen molar-refractivity contribution < 1.29 is 13.2 Å². The first-order chi connectivity index (χ1) is 13.3. The summed E-state index contributed by atoms with van der Waals surface area (Å²) >= 11 is 11.9. The number of carbonyl (C=O) groups excluding carboxylic acids is 1. The van der Waals surface area contributed by atoms with Crippen molar-refractivity contribution in [2.75, 3.05) is 11.3 Å². The molecule has 8 heteroatoms. The maximum Gasteiger partial charge on any atom is 0.263 e. The van der Waals surface area contributed by atoms with Crippen LogP contribution in [0.15, 0.2) is 47.4 Å². The Kier molecular flexibility index (Phi) is 6.53. The lowest BCUT2D eigenvalue weighted by atomic mass is 9.99. The van der Waals surface area contributed by atoms with E-state index in [4.69, 9.17) is 23.2 Å². The summed E-state index contributed by atoms with van der Waals surface area (Å²) in [6.45, 7) is 2.81. The number of hydrogen-bond acceptors (Lipinski definition) is 3. The van der Waals surface area contributed by atoms with Crippen LogP contribution in [0.25, 0.3) is 0 Å². The minimum absolute atomic E-state index is 0.0724. The van der Waals surface area contributed by atoms with Crippen molar-refractivity contribution in [1.29, 1.82) is 0 Å². The molecule has 1 fully saturated rings. The predicted molar refractivity (Wildman–Crippen MR) is 113 cm³/mol. The molecular weight excluding hydrogens is 419 g/mol. The van der Waals surface area contributed by atoms with Crippen LogP contribution in [0.2, 0.25) is 10.0 Å². The normalized spacial score (nSPS) is 17.4. The van der Waals surface area contributed by atoms with Gasteiger partial charge in [0.1, 0.15) is 4.90 Å². The predicted octanol–water partition coefficient (Wildman–Crippen LogP) is 5.20. The maximum atomic E-state index is 13.0. The van der Waals surface area contributed by atoms with Gasteiger partial charge in [0.2, 0.25) is 0 Å². The van der Waals surface area contributed by atoms with Crippen LogP contribution >= 0.6 is 23.2 Å². The summed E-state index contributed by atoms with van der Waals surface area (Å²) < 4.78 is 27.9. The molecule has 0 aromatic heterocycles. The molecule has 5 nitrogen and oxygen atoms in total. The second-order valence-electron chi connectivity index (χ2n) is 6.82. The molecule has 150 valence electrons. The van der Waals surface area contributed by atoms with Crippen LogP contribution in [0.3, 0.4) is 0 Å². The van der Waals surface area contributed by atoms with E-state index in [1.165, 1.54) is 18.2 Å². The fourth-order valence-electron chi connectivity index (χ4n) is 3.47. The number of anilines is 1. The van der Waals surface area contributed by atoms with E-state index in [0.717, 1.165) is 32.2 Å². The second kappa shape index (κ2) is 8.72. The summed E-state index contributed by atoms with van der Waals surface area (Å²) in [7, 11) is -3.94. The van der Waals surface area contributed by atoms with Crippen LogP contribution in [-0.4, -0.2) is 31.8 Å². The van der Waals surface area contributed by atoms with Gasteiger partial charge >= 0.3 is 0 Å². The van der Waals surface area contributed by atoms with E-state index in [-0.39, 0.29) is 26.9 Å². The number of likely N-dealkylation sites (tertiary alicyclic amines) is 1. The van der Waals surface area contributed by atoms with Crippen LogP contribution in [0.1, 0.15) is 43.0 Å². The van der Waals surface area contributed by atoms with Gasteiger partial charge in [-0.25, -0.2) is 8.42 Å². The van der Waals surface area contributed by atoms with E-state index >= 15 is 0 Å². The number of piperidine rings is 1. The molecule has 0 aliphatic carbocycles. The largest absolute Gasteiger partial charge is 0.336 e. The summed E-state index contributed by atoms with van der Waals surface area (Å²) in [5.74, 6) is -0.0756. The van der Waals surface area contributed by atoms with Gasteiger partial charge in [-0.2, -0.15) is 0 Å². The van der Waals surface area contributed by atoms with Crippen molar-refractivity contribution in [2.24, 2.45) is 0 Å². The van der Waals surface area contributed by atoms with Crippen molar-refractivity contribution >= 4 is 44.8 Å². The van der Waals surface area contributed by atoms with Gasteiger partial charge in [-0.15, -0.1) is 0 Å². The molecule has 1 aliphatic rings. The first-order valence-corrected chi connectivity index (χ1v) is 11.4. The molecule has 2 aromatic rings. The fraction of sp³-hybridized carbons (Fsp3) is 0.350. The molecule has 0 saturated carbocycles. The molecule has 3 rings (SSSR count). The van der Waals surface area contributed by atoms with Crippen molar-refractivity contribution in [2.45, 2.75) is 43.5 Å². The second-order valence-corrected chi connectivity index (χ2v) is 9.31. The first-order valence-electron chi connectivity index (χ1n) is 9.20. The number of carbonyl (C=O) groups is 1. The van der Waals surface area contributed by atoms with Crippen LogP contribution in [-0.2, 0) is 10.0 Å². The molecule has 1 atom stereocenters. The number of sulfonamides is 1. The topological polar surface area (TPSA) is 66.5 Å². The van der Waals surface area contributed by atoms with Crippen molar-refractivity contribution in [1.82, 2.24) is 4.90 Å². The molecule has 1 amide bonds. The standard InChI is InChI=1S/C20H22Cl2N2O3S/c1-2-17-8-3-4-11-24(17)20(25)14-6-5-7-16(12-14)23-28(26,27)19-13-15(21)9-10-18(19)22/h5-7,9-10,12-13,17,23H,2-4,8,11H2,1H3. The number of nitrogens with zero attached hydrogens (tertiary/aromatic N) is 1. The molecule has 1 unspecified atom stereocenters. The zero-order chi connectivity index (χ0) is 20.3. The number of amides is 1. The van der Waals surface area contributed by atoms with Gasteiger partial charge < -0.3 is 4.90 Å². The Morgan fingerprint density at radius 3 is 2.71 bits per heavy atom. The van der Waals surface area contributed by atoms with E-state index in [9.17, 15) is 13.2 Å². The Bertz CT molecular complexity index is 979. The zero-order valence-electron chi connectivity index (χ0n) is 15.5. The van der Waals surface area contributed by atoms with Crippen molar-refractivity contribution in [3.63, 3.8) is 0 Å². The fourth-order valence-corrected chi connectivity index (χ4v) is 5.28. The van der Waals surface area contributed by atoms with Gasteiger partial charge in [-0.05, 0) is 62.1 Å². The third-order valence-electron chi connectivity index (χ3n) is 4.90. The summed E-state index contributed by atoms with van der Waals surface area (Å²) in [4.78, 5) is 14.7. The van der Waals surface area contributed by atoms with Crippen molar-refractivity contribution in [3.05, 3.63) is 58.1 Å². The van der Waals surface area contributed by atoms with E-state index in [0.29, 0.717) is 11.3 Å². The Labute approximate surface area is 175 Å². The third kappa shape index (κ3) is 4.62. The lowest BCUT2D eigenvalue weighted by molar-refractivity contribution is 0.0608. The maximum absolute atomic E-state index is 13.0. The Hall–Kier alpha value is -1.76. The lowest BCUT2D eigenvalue weighted by Crippen LogP contribution is -2.43. The quantitative estimate of drug-likeness (QED) is 0.694. The van der Waals surface area contributed by atoms with Crippen LogP contribution in [0.4, 0.5) is 5.69 Å². The number of hydrogen-bond donors (Lipinski definition) is 1. The number of rotatable bonds is 5. The molecular formula is C20H22Cl2N2O3S. The lowest BCUT2D eigenvalue weighted by Gasteiger charge is -2.35. The molecule has 1 aliphatic heterocycles. The van der Waals surface area contributed by atoms with Crippen molar-refractivity contribution in [3.8, 4) is 0 Å². The Morgan fingerprint density at radius 1 is 1.18 bits per heavy atom. The highest BCUT2D eigenvalue weighted by molar-refractivity contribution is 7.92. The highest BCUT2D eigenvalue weighted by Gasteiger charge is 2.26. The minimum atomic E-state index is -3.94. The van der Waals surface area contributed by atoms with Crippen LogP contribution in [0.5, 0.6) is 0 Å². The third-order valence-corrected chi connectivity index (χ3v) is 7.00. The average Bonchev–Trinajstić information content (AvgIpc) is 2.69. The summed E-state index contributed by atoms with van der Waals surface area (Å²) in [6, 6.07) is 11.0. The van der Waals surface area contributed by atoms with Gasteiger partial charge in [0.15, 0.2) is 0 Å². The molecule has 1 heterocycles. The van der Waals surface area contributed by atoms with Crippen LogP contribution < -0.4 is 4.72 Å². The highest BCUT2D eigenvalue weighted by atomic mass is 35.5. The van der Waals surface area contributed by atoms with E-state index < -0.39 is 10.0 Å². The summed E-state index contributed by atoms with van der Waals surface area (Å²) in [5.41, 5.74) is 0.754. The van der Waals surface area contributed by atoms with Gasteiger partial charge in [-0.1, -0.05) is 36.2 Å². The molecule has 1 N–H and O–H groups in total. The SMILES string of the molecule is CCC1CCCCN1C(=O)c1cccc(NS(=O)(=O)c2cc(Cl)ccc2Cl)c1. The molecule has 0 bridgehead atoms. The molecule has 2 aromatic carbocycles. The highest BCUT2D eigenvalue weighted by Crippen LogP contribution is 2.28. The first kappa shape index (κ1) is 21.0. The molecule has 28 heavy (non-hydrogen) atoms. The smallest absolute Gasteiger partial charge is 0.263 e. The summed E-state index contributed by atoms with van der Waals surface area (Å²) in [6.07, 6.45) is 4.03. The average molecular weight is 441 g/mol. The van der Waals surface area contributed by atoms with E-state index in [2.05, 4.69) is 11.6 Å². The van der Waals surface area contributed by atoms with E-state index in [1.807, 2.05) is 4.90 Å². The number of nitrogens with one attached hydrogen (secondary N) is 1. The Morgan fingerprint density at radius 2 is 1.96 bits per heavy atom. The molecule has 1 saturated heterocycles. The van der Waals surface area contributed by atoms with Gasteiger partial charge in [-0.3, -0.25) is 9.52 Å². The zero-order valence-corrected chi connectivity index (χ0v) is 17.8. The Balaban J connectivity index is 1.85. The monoisotopic (exact) mass is 440 g/mol. The van der Waals surface area contributed by atoms with Crippen LogP contribution in [0, 0.1) is 0 Å². The number of benzene rings is 2.